The number of carbonyl (C=O) groups excluding carboxylic acids is 1. The first kappa shape index (κ1) is 21.6. The Kier molecular flexibility index (Phi) is 9.14. The number of hydrogen-bond acceptors (Lipinski definition) is 3. The van der Waals surface area contributed by atoms with Gasteiger partial charge in [-0.1, -0.05) is 32.4 Å². The van der Waals surface area contributed by atoms with Gasteiger partial charge in [-0.3, -0.25) is 9.48 Å². The summed E-state index contributed by atoms with van der Waals surface area (Å²) in [6.07, 6.45) is 5.95. The molecule has 1 amide bonds. The van der Waals surface area contributed by atoms with E-state index in [0.29, 0.717) is 18.8 Å². The van der Waals surface area contributed by atoms with Gasteiger partial charge in [0.05, 0.1) is 12.3 Å². The van der Waals surface area contributed by atoms with Crippen LogP contribution in [0.1, 0.15) is 67.7 Å². The van der Waals surface area contributed by atoms with Gasteiger partial charge in [-0.25, -0.2) is 0 Å². The van der Waals surface area contributed by atoms with Crippen molar-refractivity contribution in [3.05, 3.63) is 47.3 Å². The average molecular weight is 382 g/mol. The highest BCUT2D eigenvalue weighted by molar-refractivity contribution is 5.92. The molecule has 1 aromatic carbocycles. The van der Waals surface area contributed by atoms with Crippen LogP contribution in [0.15, 0.2) is 30.3 Å². The Bertz CT molecular complexity index is 815. The van der Waals surface area contributed by atoms with Crippen LogP contribution in [-0.4, -0.2) is 22.3 Å². The van der Waals surface area contributed by atoms with Gasteiger partial charge < -0.3 is 10.1 Å². The van der Waals surface area contributed by atoms with E-state index in [1.165, 1.54) is 12.8 Å². The molecular formula is C23H31N3O2. The monoisotopic (exact) mass is 381 g/mol. The molecule has 0 aliphatic rings. The van der Waals surface area contributed by atoms with Gasteiger partial charge in [-0.2, -0.15) is 5.10 Å². The minimum absolute atomic E-state index is 0.123. The van der Waals surface area contributed by atoms with E-state index in [-0.39, 0.29) is 5.91 Å². The van der Waals surface area contributed by atoms with Crippen LogP contribution in [0.2, 0.25) is 0 Å². The van der Waals surface area contributed by atoms with Crippen LogP contribution in [0.4, 0.5) is 0 Å². The lowest BCUT2D eigenvalue weighted by molar-refractivity contribution is 0.0941. The third-order valence-corrected chi connectivity index (χ3v) is 4.37. The van der Waals surface area contributed by atoms with E-state index in [0.717, 1.165) is 42.7 Å². The first-order valence-electron chi connectivity index (χ1n) is 10.1. The molecule has 28 heavy (non-hydrogen) atoms. The lowest BCUT2D eigenvalue weighted by Gasteiger charge is -2.09. The number of ether oxygens (including phenoxy) is 1. The Morgan fingerprint density at radius 1 is 1.18 bits per heavy atom. The molecule has 0 aliphatic heterocycles. The van der Waals surface area contributed by atoms with Gasteiger partial charge in [0, 0.05) is 26.4 Å². The predicted molar refractivity (Wildman–Crippen MR) is 112 cm³/mol. The summed E-state index contributed by atoms with van der Waals surface area (Å²) in [7, 11) is 1.79. The second-order valence-corrected chi connectivity index (χ2v) is 6.74. The van der Waals surface area contributed by atoms with Gasteiger partial charge >= 0.3 is 0 Å². The quantitative estimate of drug-likeness (QED) is 0.494. The third kappa shape index (κ3) is 7.11. The second-order valence-electron chi connectivity index (χ2n) is 6.74. The Labute approximate surface area is 168 Å². The van der Waals surface area contributed by atoms with Crippen molar-refractivity contribution in [2.75, 3.05) is 6.61 Å². The van der Waals surface area contributed by atoms with Crippen LogP contribution in [0.3, 0.4) is 0 Å². The van der Waals surface area contributed by atoms with Crippen molar-refractivity contribution in [1.82, 2.24) is 15.1 Å². The molecule has 0 bridgehead atoms. The molecule has 1 aromatic heterocycles. The van der Waals surface area contributed by atoms with E-state index < -0.39 is 0 Å². The van der Waals surface area contributed by atoms with Gasteiger partial charge in [-0.15, -0.1) is 11.8 Å². The Morgan fingerprint density at radius 2 is 1.96 bits per heavy atom. The van der Waals surface area contributed by atoms with Crippen LogP contribution in [0, 0.1) is 11.8 Å². The first-order chi connectivity index (χ1) is 13.6. The normalized spacial score (nSPS) is 10.2. The predicted octanol–water partition coefficient (Wildman–Crippen LogP) is 4.27. The zero-order valence-corrected chi connectivity index (χ0v) is 17.3. The van der Waals surface area contributed by atoms with Crippen LogP contribution >= 0.6 is 0 Å². The van der Waals surface area contributed by atoms with Crippen molar-refractivity contribution in [2.24, 2.45) is 7.05 Å². The van der Waals surface area contributed by atoms with E-state index in [4.69, 9.17) is 4.74 Å². The van der Waals surface area contributed by atoms with Crippen LogP contribution in [-0.2, 0) is 20.0 Å². The van der Waals surface area contributed by atoms with E-state index in [1.54, 1.807) is 11.7 Å². The number of aryl methyl sites for hydroxylation is 2. The van der Waals surface area contributed by atoms with Crippen molar-refractivity contribution < 1.29 is 9.53 Å². The van der Waals surface area contributed by atoms with Crippen molar-refractivity contribution in [2.45, 2.75) is 58.9 Å². The standard InChI is InChI=1S/C23H31N3O2/c1-4-6-7-8-9-10-11-15-28-21-14-12-13-19(16-21)18-24-23(27)22-17-20(5-2)25-26(22)3/h12-14,16-17H,4-7,10-11,15,18H2,1-3H3,(H,24,27). The molecule has 2 rings (SSSR count). The van der Waals surface area contributed by atoms with E-state index >= 15 is 0 Å². The third-order valence-electron chi connectivity index (χ3n) is 4.37. The fourth-order valence-electron chi connectivity index (χ4n) is 2.72. The highest BCUT2D eigenvalue weighted by atomic mass is 16.5. The average Bonchev–Trinajstić information content (AvgIpc) is 3.09. The number of amides is 1. The molecule has 1 heterocycles. The molecule has 0 saturated carbocycles. The zero-order valence-electron chi connectivity index (χ0n) is 17.3. The summed E-state index contributed by atoms with van der Waals surface area (Å²) in [5.74, 6) is 7.08. The maximum absolute atomic E-state index is 12.4. The number of rotatable bonds is 10. The number of aromatic nitrogens is 2. The van der Waals surface area contributed by atoms with Gasteiger partial charge in [0.15, 0.2) is 0 Å². The molecule has 0 radical (unpaired) electrons. The molecule has 0 unspecified atom stereocenters. The maximum Gasteiger partial charge on any atom is 0.269 e. The summed E-state index contributed by atoms with van der Waals surface area (Å²) in [5.41, 5.74) is 2.49. The van der Waals surface area contributed by atoms with Gasteiger partial charge in [0.2, 0.25) is 0 Å². The molecule has 0 atom stereocenters. The smallest absolute Gasteiger partial charge is 0.269 e. The Morgan fingerprint density at radius 3 is 2.68 bits per heavy atom. The highest BCUT2D eigenvalue weighted by Crippen LogP contribution is 2.14. The first-order valence-corrected chi connectivity index (χ1v) is 10.1. The Balaban J connectivity index is 1.77. The molecule has 0 saturated heterocycles. The number of nitrogens with one attached hydrogen (secondary N) is 1. The Hall–Kier alpha value is -2.74. The fourth-order valence-corrected chi connectivity index (χ4v) is 2.72. The molecule has 2 aromatic rings. The van der Waals surface area contributed by atoms with Crippen molar-refractivity contribution in [3.8, 4) is 17.6 Å². The minimum atomic E-state index is -0.123. The van der Waals surface area contributed by atoms with E-state index in [1.807, 2.05) is 37.3 Å². The van der Waals surface area contributed by atoms with Crippen molar-refractivity contribution in [3.63, 3.8) is 0 Å². The minimum Gasteiger partial charge on any atom is -0.494 e. The topological polar surface area (TPSA) is 56.1 Å². The summed E-state index contributed by atoms with van der Waals surface area (Å²) in [4.78, 5) is 12.4. The molecule has 0 aliphatic carbocycles. The molecule has 150 valence electrons. The molecule has 5 nitrogen and oxygen atoms in total. The number of benzene rings is 1. The number of hydrogen-bond donors (Lipinski definition) is 1. The fraction of sp³-hybridized carbons (Fsp3) is 0.478. The molecule has 5 heteroatoms. The molecule has 0 spiro atoms. The van der Waals surface area contributed by atoms with Crippen molar-refractivity contribution >= 4 is 5.91 Å². The van der Waals surface area contributed by atoms with Gasteiger partial charge in [0.25, 0.3) is 5.91 Å². The summed E-state index contributed by atoms with van der Waals surface area (Å²) in [6, 6.07) is 9.66. The number of unbranched alkanes of at least 4 members (excludes halogenated alkanes) is 3. The summed E-state index contributed by atoms with van der Waals surface area (Å²) in [6.45, 7) is 5.29. The zero-order chi connectivity index (χ0) is 20.2. The largest absolute Gasteiger partial charge is 0.494 e. The van der Waals surface area contributed by atoms with Crippen LogP contribution in [0.25, 0.3) is 0 Å². The number of nitrogens with zero attached hydrogens (tertiary/aromatic N) is 2. The highest BCUT2D eigenvalue weighted by Gasteiger charge is 2.12. The maximum atomic E-state index is 12.4. The van der Waals surface area contributed by atoms with E-state index in [9.17, 15) is 4.79 Å². The SMILES string of the molecule is CCCCC#CCCCOc1cccc(CNC(=O)c2cc(CC)nn2C)c1. The summed E-state index contributed by atoms with van der Waals surface area (Å²) >= 11 is 0. The van der Waals surface area contributed by atoms with Crippen LogP contribution in [0.5, 0.6) is 5.75 Å². The second kappa shape index (κ2) is 11.9. The van der Waals surface area contributed by atoms with Gasteiger partial charge in [-0.05, 0) is 43.0 Å². The lowest BCUT2D eigenvalue weighted by atomic mass is 10.2. The molecule has 0 fully saturated rings. The van der Waals surface area contributed by atoms with Gasteiger partial charge in [0.1, 0.15) is 11.4 Å². The molecular weight excluding hydrogens is 350 g/mol. The number of carbonyl (C=O) groups is 1. The lowest BCUT2D eigenvalue weighted by Crippen LogP contribution is -2.25. The molecule has 1 N–H and O–H groups in total. The van der Waals surface area contributed by atoms with Crippen LogP contribution < -0.4 is 10.1 Å². The van der Waals surface area contributed by atoms with Crippen molar-refractivity contribution in [1.29, 1.82) is 0 Å². The summed E-state index contributed by atoms with van der Waals surface area (Å²) < 4.78 is 7.43. The summed E-state index contributed by atoms with van der Waals surface area (Å²) in [5, 5.41) is 7.26. The van der Waals surface area contributed by atoms with E-state index in [2.05, 4.69) is 29.2 Å².